The lowest BCUT2D eigenvalue weighted by molar-refractivity contribution is -0.506. The van der Waals surface area contributed by atoms with Crippen molar-refractivity contribution in [3.8, 4) is 0 Å². The van der Waals surface area contributed by atoms with Gasteiger partial charge in [-0.25, -0.2) is 9.59 Å². The van der Waals surface area contributed by atoms with Crippen molar-refractivity contribution in [3.05, 3.63) is 24.3 Å². The summed E-state index contributed by atoms with van der Waals surface area (Å²) in [6.07, 6.45) is -11.3. The Morgan fingerprint density at radius 3 is 1.44 bits per heavy atom. The zero-order chi connectivity index (χ0) is 34.1. The minimum Gasteiger partial charge on any atom is -0.459 e. The molecule has 0 aromatic heterocycles. The first-order valence-corrected chi connectivity index (χ1v) is 11.5. The number of carbonyl (C=O) groups is 2. The van der Waals surface area contributed by atoms with Gasteiger partial charge in [0.05, 0.1) is 0 Å². The molecule has 0 saturated carbocycles. The number of rotatable bonds is 7. The minimum atomic E-state index is -5.78. The lowest BCUT2D eigenvalue weighted by Crippen LogP contribution is -2.74. The monoisotopic (exact) mass is 654 g/mol. The van der Waals surface area contributed by atoms with E-state index in [9.17, 15) is 58.6 Å². The summed E-state index contributed by atoms with van der Waals surface area (Å²) in [5.74, 6) is -20.7. The minimum absolute atomic E-state index is 0.104. The van der Waals surface area contributed by atoms with Gasteiger partial charge in [0.25, 0.3) is 0 Å². The molecule has 0 bridgehead atoms. The van der Waals surface area contributed by atoms with Crippen molar-refractivity contribution < 1.29 is 91.8 Å². The third kappa shape index (κ3) is 6.77. The van der Waals surface area contributed by atoms with Crippen LogP contribution in [0.4, 0.5) is 43.9 Å². The Balaban J connectivity index is 0.000000430. The van der Waals surface area contributed by atoms with Gasteiger partial charge in [0.1, 0.15) is 13.2 Å². The molecule has 43 heavy (non-hydrogen) atoms. The second-order valence-corrected chi connectivity index (χ2v) is 9.60. The molecule has 0 spiro atoms. The van der Waals surface area contributed by atoms with E-state index < -0.39 is 85.7 Å². The Bertz CT molecular complexity index is 1080. The summed E-state index contributed by atoms with van der Waals surface area (Å²) in [5.41, 5.74) is -5.98. The number of ether oxygens (including phenoxy) is 7. The van der Waals surface area contributed by atoms with Crippen LogP contribution in [0.25, 0.3) is 0 Å². The van der Waals surface area contributed by atoms with E-state index >= 15 is 0 Å². The van der Waals surface area contributed by atoms with Gasteiger partial charge in [-0.3, -0.25) is 0 Å². The molecule has 2 heterocycles. The second-order valence-electron chi connectivity index (χ2n) is 9.60. The van der Waals surface area contributed by atoms with Crippen LogP contribution in [0.1, 0.15) is 27.7 Å². The molecule has 4 unspecified atom stereocenters. The first kappa shape index (κ1) is 38.5. The number of methoxy groups -OCH3 is 1. The van der Waals surface area contributed by atoms with Crippen molar-refractivity contribution in [1.29, 1.82) is 0 Å². The zero-order valence-electron chi connectivity index (χ0n) is 23.1. The molecule has 1 N–H and O–H groups in total. The van der Waals surface area contributed by atoms with Crippen molar-refractivity contribution in [1.82, 2.24) is 0 Å². The standard InChI is InChI=1S/C12H15F5O5.C11H13F5O5/c1-7(2)8(18)20-5-9(3)10(13,14)11(19-4,12(15,16)17)22-6-21-9;1-6(2)7(17)19-4-8(3)9(12,13)10(18,11(14,15)16)21-5-20-8/h1,5-6H2,2-4H3;18H,1,4-5H2,2-3H3. The Hall–Kier alpha value is -2.52. The highest BCUT2D eigenvalue weighted by molar-refractivity contribution is 5.87. The van der Waals surface area contributed by atoms with Crippen molar-refractivity contribution in [2.45, 2.75) is 74.7 Å². The third-order valence-electron chi connectivity index (χ3n) is 6.15. The molecule has 2 rings (SSSR count). The number of carbonyl (C=O) groups excluding carboxylic acids is 2. The van der Waals surface area contributed by atoms with Crippen LogP contribution >= 0.6 is 0 Å². The van der Waals surface area contributed by atoms with Crippen molar-refractivity contribution in [3.63, 3.8) is 0 Å². The van der Waals surface area contributed by atoms with Crippen molar-refractivity contribution in [2.24, 2.45) is 0 Å². The van der Waals surface area contributed by atoms with E-state index in [0.29, 0.717) is 21.0 Å². The van der Waals surface area contributed by atoms with Gasteiger partial charge in [-0.05, 0) is 27.7 Å². The van der Waals surface area contributed by atoms with E-state index in [1.165, 1.54) is 13.8 Å². The molecule has 2 aliphatic heterocycles. The molecular weight excluding hydrogens is 626 g/mol. The molecule has 0 aliphatic carbocycles. The number of halogens is 10. The summed E-state index contributed by atoms with van der Waals surface area (Å²) in [4.78, 5) is 22.4. The quantitative estimate of drug-likeness (QED) is 0.244. The molecule has 4 atom stereocenters. The summed E-state index contributed by atoms with van der Waals surface area (Å²) < 4.78 is 164. The predicted octanol–water partition coefficient (Wildman–Crippen LogP) is 4.16. The van der Waals surface area contributed by atoms with Crippen LogP contribution in [-0.4, -0.2) is 97.9 Å². The second kappa shape index (κ2) is 12.5. The summed E-state index contributed by atoms with van der Waals surface area (Å²) in [7, 11) is 0.438. The van der Waals surface area contributed by atoms with E-state index in [-0.39, 0.29) is 11.1 Å². The van der Waals surface area contributed by atoms with Crippen molar-refractivity contribution in [2.75, 3.05) is 33.9 Å². The maximum absolute atomic E-state index is 14.4. The Kier molecular flexibility index (Phi) is 11.2. The molecule has 0 aromatic rings. The Morgan fingerprint density at radius 2 is 1.12 bits per heavy atom. The summed E-state index contributed by atoms with van der Waals surface area (Å²) >= 11 is 0. The van der Waals surface area contributed by atoms with E-state index in [4.69, 9.17) is 0 Å². The number of alkyl halides is 10. The van der Waals surface area contributed by atoms with Gasteiger partial charge in [0.2, 0.25) is 0 Å². The normalized spacial score (nSPS) is 32.1. The molecular formula is C23H28F10O10. The van der Waals surface area contributed by atoms with Crippen LogP contribution in [0.3, 0.4) is 0 Å². The van der Waals surface area contributed by atoms with Crippen LogP contribution < -0.4 is 0 Å². The zero-order valence-corrected chi connectivity index (χ0v) is 23.1. The maximum atomic E-state index is 14.4. The molecule has 2 saturated heterocycles. The first-order valence-electron chi connectivity index (χ1n) is 11.5. The first-order chi connectivity index (χ1) is 19.1. The summed E-state index contributed by atoms with van der Waals surface area (Å²) in [6.45, 7) is 5.38. The summed E-state index contributed by atoms with van der Waals surface area (Å²) in [5, 5.41) is 9.21. The highest BCUT2D eigenvalue weighted by atomic mass is 19.4. The van der Waals surface area contributed by atoms with Gasteiger partial charge in [-0.1, -0.05) is 13.2 Å². The Morgan fingerprint density at radius 1 is 0.744 bits per heavy atom. The van der Waals surface area contributed by atoms with Crippen LogP contribution in [-0.2, 0) is 42.7 Å². The fourth-order valence-electron chi connectivity index (χ4n) is 3.30. The molecule has 2 fully saturated rings. The van der Waals surface area contributed by atoms with Crippen LogP contribution in [0.5, 0.6) is 0 Å². The maximum Gasteiger partial charge on any atom is 0.450 e. The lowest BCUT2D eigenvalue weighted by atomic mass is 9.89. The van der Waals surface area contributed by atoms with Crippen LogP contribution in [0.15, 0.2) is 24.3 Å². The number of esters is 2. The van der Waals surface area contributed by atoms with Gasteiger partial charge in [0.15, 0.2) is 24.8 Å². The van der Waals surface area contributed by atoms with E-state index in [0.717, 1.165) is 0 Å². The highest BCUT2D eigenvalue weighted by Crippen LogP contribution is 2.54. The Labute approximate surface area is 237 Å². The van der Waals surface area contributed by atoms with Crippen LogP contribution in [0.2, 0.25) is 0 Å². The highest BCUT2D eigenvalue weighted by Gasteiger charge is 2.81. The molecule has 10 nitrogen and oxygen atoms in total. The SMILES string of the molecule is C=C(C)C(=O)OCC1(C)OCOC(O)(C(F)(F)F)C1(F)F.C=C(C)C(=O)OCC1(C)OCOC(OC)(C(F)(F)F)C1(F)F. The largest absolute Gasteiger partial charge is 0.459 e. The van der Waals surface area contributed by atoms with Gasteiger partial charge >= 0.3 is 47.7 Å². The lowest BCUT2D eigenvalue weighted by Gasteiger charge is -2.50. The smallest absolute Gasteiger partial charge is 0.450 e. The third-order valence-corrected chi connectivity index (χ3v) is 6.15. The molecule has 250 valence electrons. The number of hydrogen-bond acceptors (Lipinski definition) is 10. The van der Waals surface area contributed by atoms with Gasteiger partial charge in [-0.2, -0.15) is 43.9 Å². The predicted molar refractivity (Wildman–Crippen MR) is 119 cm³/mol. The topological polar surface area (TPSA) is 119 Å². The fourth-order valence-corrected chi connectivity index (χ4v) is 3.30. The molecule has 20 heteroatoms. The molecule has 2 aliphatic rings. The van der Waals surface area contributed by atoms with E-state index in [2.05, 4.69) is 46.3 Å². The van der Waals surface area contributed by atoms with Gasteiger partial charge in [0, 0.05) is 18.3 Å². The molecule has 0 radical (unpaired) electrons. The molecule has 0 aromatic carbocycles. The van der Waals surface area contributed by atoms with Gasteiger partial charge in [-0.15, -0.1) is 0 Å². The number of aliphatic hydroxyl groups is 1. The van der Waals surface area contributed by atoms with E-state index in [1.807, 2.05) is 0 Å². The van der Waals surface area contributed by atoms with Gasteiger partial charge < -0.3 is 38.3 Å². The fraction of sp³-hybridized carbons (Fsp3) is 0.739. The molecule has 0 amide bonds. The average molecular weight is 654 g/mol. The van der Waals surface area contributed by atoms with Crippen LogP contribution in [0, 0.1) is 0 Å². The number of hydrogen-bond donors (Lipinski definition) is 1. The van der Waals surface area contributed by atoms with Crippen molar-refractivity contribution >= 4 is 11.9 Å². The van der Waals surface area contributed by atoms with E-state index in [1.54, 1.807) is 0 Å². The average Bonchev–Trinajstić information content (AvgIpc) is 2.85. The summed E-state index contributed by atoms with van der Waals surface area (Å²) in [6, 6.07) is 0.